The van der Waals surface area contributed by atoms with Gasteiger partial charge in [0.25, 0.3) is 15.9 Å². The SMILES string of the molecule is O=C(c1ccccc1)N1CCCN(Cc2ccc(S(=O)(=O)N3CCCC3)o2)CC1. The second-order valence-corrected chi connectivity index (χ2v) is 9.49. The number of carbonyl (C=O) groups excluding carboxylic acids is 1. The van der Waals surface area contributed by atoms with Crippen molar-refractivity contribution in [2.45, 2.75) is 30.9 Å². The molecule has 2 aliphatic rings. The minimum Gasteiger partial charge on any atom is -0.447 e. The molecule has 8 heteroatoms. The number of hydrogen-bond donors (Lipinski definition) is 0. The second kappa shape index (κ2) is 8.69. The molecule has 0 aliphatic carbocycles. The van der Waals surface area contributed by atoms with Gasteiger partial charge in [0.15, 0.2) is 0 Å². The monoisotopic (exact) mass is 417 g/mol. The van der Waals surface area contributed by atoms with Gasteiger partial charge in [-0.05, 0) is 43.5 Å². The molecule has 2 aliphatic heterocycles. The van der Waals surface area contributed by atoms with Crippen molar-refractivity contribution >= 4 is 15.9 Å². The summed E-state index contributed by atoms with van der Waals surface area (Å²) in [6, 6.07) is 12.7. The highest BCUT2D eigenvalue weighted by atomic mass is 32.2. The van der Waals surface area contributed by atoms with Gasteiger partial charge in [0.1, 0.15) is 5.76 Å². The number of rotatable bonds is 5. The second-order valence-electron chi connectivity index (χ2n) is 7.62. The van der Waals surface area contributed by atoms with E-state index in [1.165, 1.54) is 4.31 Å². The molecule has 3 heterocycles. The highest BCUT2D eigenvalue weighted by molar-refractivity contribution is 7.89. The third-order valence-electron chi connectivity index (χ3n) is 5.57. The van der Waals surface area contributed by atoms with Crippen molar-refractivity contribution in [2.24, 2.45) is 0 Å². The summed E-state index contributed by atoms with van der Waals surface area (Å²) in [5.41, 5.74) is 0.712. The van der Waals surface area contributed by atoms with Gasteiger partial charge in [-0.2, -0.15) is 4.31 Å². The summed E-state index contributed by atoms with van der Waals surface area (Å²) in [6.45, 7) is 4.61. The van der Waals surface area contributed by atoms with Crippen LogP contribution in [0.2, 0.25) is 0 Å². The van der Waals surface area contributed by atoms with Crippen molar-refractivity contribution in [3.05, 3.63) is 53.8 Å². The van der Waals surface area contributed by atoms with E-state index in [4.69, 9.17) is 4.42 Å². The highest BCUT2D eigenvalue weighted by Gasteiger charge is 2.30. The normalized spacial score (nSPS) is 19.4. The Bertz CT molecular complexity index is 936. The molecule has 0 radical (unpaired) electrons. The Labute approximate surface area is 171 Å². The van der Waals surface area contributed by atoms with Crippen molar-refractivity contribution in [3.8, 4) is 0 Å². The summed E-state index contributed by atoms with van der Waals surface area (Å²) >= 11 is 0. The van der Waals surface area contributed by atoms with Gasteiger partial charge in [-0.1, -0.05) is 18.2 Å². The topological polar surface area (TPSA) is 74.1 Å². The Morgan fingerprint density at radius 3 is 2.38 bits per heavy atom. The molecule has 1 amide bonds. The first-order chi connectivity index (χ1) is 14.0. The zero-order valence-electron chi connectivity index (χ0n) is 16.5. The van der Waals surface area contributed by atoms with Crippen molar-refractivity contribution in [1.29, 1.82) is 0 Å². The van der Waals surface area contributed by atoms with Crippen LogP contribution in [0.15, 0.2) is 52.0 Å². The zero-order valence-corrected chi connectivity index (χ0v) is 17.3. The predicted molar refractivity (Wildman–Crippen MR) is 109 cm³/mol. The average molecular weight is 418 g/mol. The smallest absolute Gasteiger partial charge is 0.276 e. The van der Waals surface area contributed by atoms with Crippen LogP contribution in [0.25, 0.3) is 0 Å². The van der Waals surface area contributed by atoms with E-state index in [1.807, 2.05) is 35.2 Å². The molecule has 1 aromatic carbocycles. The molecule has 0 saturated carbocycles. The first-order valence-electron chi connectivity index (χ1n) is 10.2. The maximum atomic E-state index is 12.7. The molecule has 156 valence electrons. The Morgan fingerprint density at radius 1 is 0.862 bits per heavy atom. The summed E-state index contributed by atoms with van der Waals surface area (Å²) < 4.78 is 32.4. The lowest BCUT2D eigenvalue weighted by Crippen LogP contribution is -2.35. The molecule has 0 spiro atoms. The number of amides is 1. The maximum Gasteiger partial charge on any atom is 0.276 e. The van der Waals surface area contributed by atoms with Crippen molar-refractivity contribution in [1.82, 2.24) is 14.1 Å². The molecule has 29 heavy (non-hydrogen) atoms. The zero-order chi connectivity index (χ0) is 20.3. The summed E-state index contributed by atoms with van der Waals surface area (Å²) in [7, 11) is -3.52. The van der Waals surface area contributed by atoms with Crippen LogP contribution in [-0.2, 0) is 16.6 Å². The van der Waals surface area contributed by atoms with Crippen molar-refractivity contribution in [2.75, 3.05) is 39.3 Å². The fourth-order valence-electron chi connectivity index (χ4n) is 3.95. The molecular formula is C21H27N3O4S. The Balaban J connectivity index is 1.36. The standard InChI is InChI=1S/C21H27N3O4S/c25-21(18-7-2-1-3-8-18)23-12-6-11-22(15-16-23)17-19-9-10-20(28-19)29(26,27)24-13-4-5-14-24/h1-3,7-10H,4-6,11-17H2. The van der Waals surface area contributed by atoms with Crippen molar-refractivity contribution < 1.29 is 17.6 Å². The van der Waals surface area contributed by atoms with Crippen LogP contribution in [-0.4, -0.2) is 67.7 Å². The highest BCUT2D eigenvalue weighted by Crippen LogP contribution is 2.23. The summed E-state index contributed by atoms with van der Waals surface area (Å²) in [6.07, 6.45) is 2.68. The molecule has 7 nitrogen and oxygen atoms in total. The van der Waals surface area contributed by atoms with Crippen LogP contribution in [0, 0.1) is 0 Å². The van der Waals surface area contributed by atoms with Crippen LogP contribution >= 0.6 is 0 Å². The van der Waals surface area contributed by atoms with Gasteiger partial charge < -0.3 is 9.32 Å². The van der Waals surface area contributed by atoms with Gasteiger partial charge in [-0.15, -0.1) is 0 Å². The van der Waals surface area contributed by atoms with Gasteiger partial charge >= 0.3 is 0 Å². The minimum absolute atomic E-state index is 0.0325. The summed E-state index contributed by atoms with van der Waals surface area (Å²) in [5.74, 6) is 0.704. The molecule has 0 unspecified atom stereocenters. The van der Waals surface area contributed by atoms with Crippen LogP contribution < -0.4 is 0 Å². The third kappa shape index (κ3) is 4.55. The number of benzene rings is 1. The molecule has 0 bridgehead atoms. The van der Waals surface area contributed by atoms with Gasteiger partial charge in [0.05, 0.1) is 6.54 Å². The Hall–Kier alpha value is -2.16. The molecule has 2 saturated heterocycles. The third-order valence-corrected chi connectivity index (χ3v) is 7.34. The Morgan fingerprint density at radius 2 is 1.62 bits per heavy atom. The average Bonchev–Trinajstić information content (AvgIpc) is 3.39. The molecule has 2 aromatic rings. The number of carbonyl (C=O) groups is 1. The summed E-state index contributed by atoms with van der Waals surface area (Å²) in [5, 5.41) is 0.0325. The van der Waals surface area contributed by atoms with Crippen LogP contribution in [0.1, 0.15) is 35.4 Å². The number of hydrogen-bond acceptors (Lipinski definition) is 5. The van der Waals surface area contributed by atoms with Gasteiger partial charge in [0.2, 0.25) is 5.09 Å². The van der Waals surface area contributed by atoms with E-state index in [2.05, 4.69) is 4.90 Å². The van der Waals surface area contributed by atoms with E-state index < -0.39 is 10.0 Å². The largest absolute Gasteiger partial charge is 0.447 e. The molecule has 2 fully saturated rings. The van der Waals surface area contributed by atoms with Gasteiger partial charge in [-0.3, -0.25) is 9.69 Å². The van der Waals surface area contributed by atoms with Crippen LogP contribution in [0.5, 0.6) is 0 Å². The van der Waals surface area contributed by atoms with Crippen molar-refractivity contribution in [3.63, 3.8) is 0 Å². The first-order valence-corrected chi connectivity index (χ1v) is 11.6. The molecule has 0 N–H and O–H groups in total. The van der Waals surface area contributed by atoms with E-state index in [1.54, 1.807) is 12.1 Å². The van der Waals surface area contributed by atoms with E-state index in [0.29, 0.717) is 37.5 Å². The lowest BCUT2D eigenvalue weighted by molar-refractivity contribution is 0.0760. The fourth-order valence-corrected chi connectivity index (χ4v) is 5.40. The number of sulfonamides is 1. The molecule has 4 rings (SSSR count). The molecule has 1 aromatic heterocycles. The van der Waals surface area contributed by atoms with Gasteiger partial charge in [-0.25, -0.2) is 8.42 Å². The molecule has 0 atom stereocenters. The lowest BCUT2D eigenvalue weighted by Gasteiger charge is -2.21. The first kappa shape index (κ1) is 20.1. The number of furan rings is 1. The molecular weight excluding hydrogens is 390 g/mol. The van der Waals surface area contributed by atoms with E-state index >= 15 is 0 Å². The maximum absolute atomic E-state index is 12.7. The quantitative estimate of drug-likeness (QED) is 0.747. The van der Waals surface area contributed by atoms with Gasteiger partial charge in [0, 0.05) is 44.8 Å². The fraction of sp³-hybridized carbons (Fsp3) is 0.476. The lowest BCUT2D eigenvalue weighted by atomic mass is 10.2. The van der Waals surface area contributed by atoms with Crippen LogP contribution in [0.3, 0.4) is 0 Å². The summed E-state index contributed by atoms with van der Waals surface area (Å²) in [4.78, 5) is 16.8. The van der Waals surface area contributed by atoms with Crippen LogP contribution in [0.4, 0.5) is 0 Å². The van der Waals surface area contributed by atoms with E-state index in [-0.39, 0.29) is 11.0 Å². The van der Waals surface area contributed by atoms with E-state index in [0.717, 1.165) is 38.9 Å². The predicted octanol–water partition coefficient (Wildman–Crippen LogP) is 2.41. The van der Waals surface area contributed by atoms with E-state index in [9.17, 15) is 13.2 Å². The Kier molecular flexibility index (Phi) is 6.03. The number of nitrogens with zero attached hydrogens (tertiary/aromatic N) is 3. The minimum atomic E-state index is -3.52.